The molecule has 2 heterocycles. The van der Waals surface area contributed by atoms with Gasteiger partial charge >= 0.3 is 5.97 Å². The molecule has 0 radical (unpaired) electrons. The van der Waals surface area contributed by atoms with E-state index >= 15 is 0 Å². The number of rotatable bonds is 8. The molecular formula is C27H30F2N2O3. The molecule has 0 bridgehead atoms. The summed E-state index contributed by atoms with van der Waals surface area (Å²) in [5.41, 5.74) is 3.08. The third-order valence-electron chi connectivity index (χ3n) is 7.33. The number of esters is 1. The average Bonchev–Trinajstić information content (AvgIpc) is 3.21. The molecule has 0 spiro atoms. The highest BCUT2D eigenvalue weighted by Crippen LogP contribution is 2.36. The number of halogens is 2. The number of carbonyl (C=O) groups excluding carboxylic acids is 1. The summed E-state index contributed by atoms with van der Waals surface area (Å²) in [5.74, 6) is -0.943. The van der Waals surface area contributed by atoms with Crippen molar-refractivity contribution in [3.8, 4) is 5.75 Å². The first-order chi connectivity index (χ1) is 16.5. The summed E-state index contributed by atoms with van der Waals surface area (Å²) in [5, 5.41) is 0.950. The highest BCUT2D eigenvalue weighted by atomic mass is 19.1. The number of aryl methyl sites for hydroxylation is 1. The first kappa shape index (κ1) is 22.8. The third-order valence-corrected chi connectivity index (χ3v) is 7.33. The van der Waals surface area contributed by atoms with Crippen molar-refractivity contribution in [2.45, 2.75) is 57.0 Å². The maximum absolute atomic E-state index is 14.4. The average molecular weight is 469 g/mol. The number of methoxy groups -OCH3 is 1. The van der Waals surface area contributed by atoms with Crippen molar-refractivity contribution in [3.05, 3.63) is 64.9 Å². The molecule has 1 aliphatic heterocycles. The van der Waals surface area contributed by atoms with Gasteiger partial charge in [0.1, 0.15) is 12.4 Å². The Hall–Kier alpha value is -2.93. The zero-order valence-electron chi connectivity index (χ0n) is 19.4. The van der Waals surface area contributed by atoms with Crippen LogP contribution in [0.25, 0.3) is 10.9 Å². The summed E-state index contributed by atoms with van der Waals surface area (Å²) >= 11 is 0. The van der Waals surface area contributed by atoms with Crippen LogP contribution in [0.5, 0.6) is 5.75 Å². The number of nitrogens with one attached hydrogen (secondary N) is 1. The van der Waals surface area contributed by atoms with Crippen molar-refractivity contribution in [1.29, 1.82) is 0 Å². The minimum absolute atomic E-state index is 0.0881. The largest absolute Gasteiger partial charge is 0.489 e. The monoisotopic (exact) mass is 468 g/mol. The summed E-state index contributed by atoms with van der Waals surface area (Å²) in [7, 11) is 1.34. The van der Waals surface area contributed by atoms with Gasteiger partial charge in [0, 0.05) is 34.7 Å². The Balaban J connectivity index is 1.26. The van der Waals surface area contributed by atoms with Gasteiger partial charge in [-0.05, 0) is 81.0 Å². The molecule has 1 atom stereocenters. The van der Waals surface area contributed by atoms with Gasteiger partial charge in [-0.25, -0.2) is 13.6 Å². The van der Waals surface area contributed by atoms with E-state index in [1.54, 1.807) is 12.1 Å². The van der Waals surface area contributed by atoms with Crippen LogP contribution < -0.4 is 4.74 Å². The van der Waals surface area contributed by atoms with E-state index in [1.807, 2.05) is 6.20 Å². The van der Waals surface area contributed by atoms with E-state index in [4.69, 9.17) is 9.47 Å². The van der Waals surface area contributed by atoms with Gasteiger partial charge < -0.3 is 14.5 Å². The molecule has 2 aliphatic rings. The van der Waals surface area contributed by atoms with Gasteiger partial charge in [0.25, 0.3) is 0 Å². The molecule has 1 fully saturated rings. The second-order valence-corrected chi connectivity index (χ2v) is 9.35. The molecule has 1 unspecified atom stereocenters. The van der Waals surface area contributed by atoms with Gasteiger partial charge in [0.2, 0.25) is 0 Å². The number of benzene rings is 2. The Morgan fingerprint density at radius 1 is 1.18 bits per heavy atom. The van der Waals surface area contributed by atoms with Gasteiger partial charge in [-0.15, -0.1) is 0 Å². The van der Waals surface area contributed by atoms with Crippen LogP contribution in [0, 0.1) is 11.6 Å². The zero-order chi connectivity index (χ0) is 23.7. The molecule has 1 aliphatic carbocycles. The molecule has 5 nitrogen and oxygen atoms in total. The molecule has 2 aromatic carbocycles. The van der Waals surface area contributed by atoms with Crippen molar-refractivity contribution in [1.82, 2.24) is 9.88 Å². The number of fused-ring (bicyclic) bond motifs is 2. The molecule has 3 aromatic rings. The van der Waals surface area contributed by atoms with E-state index in [2.05, 4.69) is 9.88 Å². The van der Waals surface area contributed by atoms with Crippen molar-refractivity contribution >= 4 is 16.9 Å². The molecule has 0 saturated heterocycles. The highest BCUT2D eigenvalue weighted by molar-refractivity contribution is 5.92. The minimum Gasteiger partial charge on any atom is -0.489 e. The maximum Gasteiger partial charge on any atom is 0.338 e. The fourth-order valence-electron chi connectivity index (χ4n) is 5.30. The van der Waals surface area contributed by atoms with E-state index in [1.165, 1.54) is 31.7 Å². The van der Waals surface area contributed by atoms with E-state index < -0.39 is 11.8 Å². The number of hydrogen-bond acceptors (Lipinski definition) is 4. The van der Waals surface area contributed by atoms with Crippen LogP contribution in [0.2, 0.25) is 0 Å². The number of aromatic amines is 1. The van der Waals surface area contributed by atoms with Crippen molar-refractivity contribution in [2.24, 2.45) is 0 Å². The lowest BCUT2D eigenvalue weighted by Crippen LogP contribution is -2.51. The summed E-state index contributed by atoms with van der Waals surface area (Å²) in [6.45, 7) is 1.32. The van der Waals surface area contributed by atoms with Crippen LogP contribution in [-0.4, -0.2) is 48.2 Å². The smallest absolute Gasteiger partial charge is 0.338 e. The first-order valence-corrected chi connectivity index (χ1v) is 12.1. The topological polar surface area (TPSA) is 54.6 Å². The number of aromatic nitrogens is 1. The van der Waals surface area contributed by atoms with E-state index in [0.717, 1.165) is 55.1 Å². The normalized spacial score (nSPS) is 17.9. The Labute approximate surface area is 198 Å². The predicted octanol–water partition coefficient (Wildman–Crippen LogP) is 5.41. The molecule has 180 valence electrons. The standard InChI is InChI=1S/C27H30F2N2O3/c1-33-27(32)21-9-10-24(29)26-23(21)14-20(16-34-26)31(19-6-4-7-19)12-3-2-5-17-15-30-25-11-8-18(28)13-22(17)25/h8-11,13,15,19-20,30H,2-7,12,14,16H2,1H3. The fraction of sp³-hybridized carbons (Fsp3) is 0.444. The second-order valence-electron chi connectivity index (χ2n) is 9.35. The Bertz CT molecular complexity index is 1190. The number of nitrogens with zero attached hydrogens (tertiary/aromatic N) is 1. The predicted molar refractivity (Wildman–Crippen MR) is 126 cm³/mol. The molecule has 5 rings (SSSR count). The summed E-state index contributed by atoms with van der Waals surface area (Å²) in [4.78, 5) is 18.0. The second kappa shape index (κ2) is 9.74. The Morgan fingerprint density at radius 3 is 2.79 bits per heavy atom. The third kappa shape index (κ3) is 4.41. The van der Waals surface area contributed by atoms with Crippen LogP contribution in [0.3, 0.4) is 0 Å². The first-order valence-electron chi connectivity index (χ1n) is 12.1. The quantitative estimate of drug-likeness (QED) is 0.355. The molecule has 1 saturated carbocycles. The number of ether oxygens (including phenoxy) is 2. The SMILES string of the molecule is COC(=O)c1ccc(F)c2c1CC(N(CCCCc1c[nH]c3ccc(F)cc13)C1CCC1)CO2. The summed E-state index contributed by atoms with van der Waals surface area (Å²) < 4.78 is 38.8. The number of H-pyrrole nitrogens is 1. The lowest BCUT2D eigenvalue weighted by atomic mass is 9.87. The molecule has 34 heavy (non-hydrogen) atoms. The van der Waals surface area contributed by atoms with E-state index in [9.17, 15) is 13.6 Å². The van der Waals surface area contributed by atoms with Crippen molar-refractivity contribution in [2.75, 3.05) is 20.3 Å². The highest BCUT2D eigenvalue weighted by Gasteiger charge is 2.35. The fourth-order valence-corrected chi connectivity index (χ4v) is 5.30. The van der Waals surface area contributed by atoms with Crippen LogP contribution >= 0.6 is 0 Å². The van der Waals surface area contributed by atoms with Gasteiger partial charge in [-0.2, -0.15) is 0 Å². The van der Waals surface area contributed by atoms with Gasteiger partial charge in [0.15, 0.2) is 11.6 Å². The van der Waals surface area contributed by atoms with Gasteiger partial charge in [-0.3, -0.25) is 4.90 Å². The molecule has 0 amide bonds. The molecule has 1 N–H and O–H groups in total. The molecular weight excluding hydrogens is 438 g/mol. The lowest BCUT2D eigenvalue weighted by Gasteiger charge is -2.44. The van der Waals surface area contributed by atoms with Crippen molar-refractivity contribution in [3.63, 3.8) is 0 Å². The van der Waals surface area contributed by atoms with Crippen LogP contribution in [0.15, 0.2) is 36.5 Å². The Kier molecular flexibility index (Phi) is 6.55. The zero-order valence-corrected chi connectivity index (χ0v) is 19.4. The van der Waals surface area contributed by atoms with Crippen LogP contribution in [0.1, 0.15) is 53.6 Å². The molecule has 1 aromatic heterocycles. The number of unbranched alkanes of at least 4 members (excludes halogenated alkanes) is 1. The van der Waals surface area contributed by atoms with Crippen LogP contribution in [-0.2, 0) is 17.6 Å². The lowest BCUT2D eigenvalue weighted by molar-refractivity contribution is 0.0408. The summed E-state index contributed by atoms with van der Waals surface area (Å²) in [6, 6.07) is 8.18. The van der Waals surface area contributed by atoms with E-state index in [-0.39, 0.29) is 17.6 Å². The minimum atomic E-state index is -0.467. The molecule has 7 heteroatoms. The van der Waals surface area contributed by atoms with Crippen LogP contribution in [0.4, 0.5) is 8.78 Å². The number of hydrogen-bond donors (Lipinski definition) is 1. The van der Waals surface area contributed by atoms with Gasteiger partial charge in [-0.1, -0.05) is 6.42 Å². The maximum atomic E-state index is 14.4. The van der Waals surface area contributed by atoms with Gasteiger partial charge in [0.05, 0.1) is 12.7 Å². The summed E-state index contributed by atoms with van der Waals surface area (Å²) in [6.07, 6.45) is 8.92. The number of carbonyl (C=O) groups is 1. The Morgan fingerprint density at radius 2 is 2.03 bits per heavy atom. The van der Waals surface area contributed by atoms with Crippen molar-refractivity contribution < 1.29 is 23.0 Å². The van der Waals surface area contributed by atoms with E-state index in [0.29, 0.717) is 30.2 Å².